The van der Waals surface area contributed by atoms with Crippen LogP contribution in [0.4, 0.5) is 0 Å². The van der Waals surface area contributed by atoms with Crippen molar-refractivity contribution in [3.05, 3.63) is 186 Å². The second-order valence-electron chi connectivity index (χ2n) is 30.6. The maximum atomic E-state index is 12.0. The fourth-order valence-electron chi connectivity index (χ4n) is 16.2. The van der Waals surface area contributed by atoms with Crippen molar-refractivity contribution in [2.24, 2.45) is 35.5 Å². The summed E-state index contributed by atoms with van der Waals surface area (Å²) in [6.07, 6.45) is 40.7. The second kappa shape index (κ2) is 58.7. The van der Waals surface area contributed by atoms with Crippen LogP contribution < -0.4 is 9.47 Å². The first kappa shape index (κ1) is 106. The van der Waals surface area contributed by atoms with Crippen LogP contribution >= 0.6 is 17.0 Å². The van der Waals surface area contributed by atoms with E-state index in [9.17, 15) is 10.2 Å². The summed E-state index contributed by atoms with van der Waals surface area (Å²) in [6, 6.07) is 33.5. The molecule has 0 spiro atoms. The Labute approximate surface area is 688 Å². The molecule has 6 aromatic carbocycles. The number of rotatable bonds is 26. The third-order valence-corrected chi connectivity index (χ3v) is 22.1. The number of hydrogen-bond acceptors (Lipinski definition) is 4. The van der Waals surface area contributed by atoms with Crippen LogP contribution in [0.25, 0.3) is 44.5 Å². The molecule has 0 aromatic heterocycles. The van der Waals surface area contributed by atoms with E-state index in [2.05, 4.69) is 159 Å². The molecular weight excluding hydrogens is 1570 g/mol. The number of benzene rings is 6. The third kappa shape index (κ3) is 35.4. The number of aryl methyl sites for hydroxylation is 6. The van der Waals surface area contributed by atoms with Crippen molar-refractivity contribution >= 4 is 17.0 Å². The Morgan fingerprint density at radius 3 is 1.00 bits per heavy atom. The van der Waals surface area contributed by atoms with Gasteiger partial charge in [-0.05, 0) is 208 Å². The molecule has 4 aliphatic carbocycles. The van der Waals surface area contributed by atoms with Crippen LogP contribution in [0.3, 0.4) is 0 Å². The van der Waals surface area contributed by atoms with Gasteiger partial charge in [0.1, 0.15) is 23.0 Å². The number of ether oxygens (including phenoxy) is 2. The van der Waals surface area contributed by atoms with Gasteiger partial charge in [-0.25, -0.2) is 0 Å². The Morgan fingerprint density at radius 1 is 0.400 bits per heavy atom. The van der Waals surface area contributed by atoms with E-state index < -0.39 is 20.8 Å². The van der Waals surface area contributed by atoms with E-state index in [1.54, 1.807) is 0 Å². The van der Waals surface area contributed by atoms with Crippen LogP contribution in [-0.2, 0) is 46.7 Å². The summed E-state index contributed by atoms with van der Waals surface area (Å²) in [4.78, 5) is 0. The Morgan fingerprint density at radius 2 is 0.705 bits per heavy atom. The SMILES string of the molecule is CCC(C)c1cc(-c2ccccc2OCCCCOc2ccccc2-c2cc(C(C)CC)cc(-c3c(C)cc(C)cc3C)c2O)c(O)c(-c2c(C)cc(C)cc2C)c1.CCCC1CCCC1.CCCCC1CCC(C)C1.CCCCC1CCC(C)C1.CCCCC1CCCC1.[CH3-].[CH3-].[CH3-].[CH3-].[CH3-].[CH3-].[Cl][Zr+2][Cl].[Hf+4]. The van der Waals surface area contributed by atoms with Gasteiger partial charge in [-0.3, -0.25) is 0 Å². The molecule has 10 rings (SSSR count). The molecule has 6 aromatic rings. The summed E-state index contributed by atoms with van der Waals surface area (Å²) in [5.74, 6) is 9.20. The van der Waals surface area contributed by atoms with Gasteiger partial charge in [-0.15, -0.1) is 0 Å². The molecule has 6 unspecified atom stereocenters. The maximum Gasteiger partial charge on any atom is 4.00 e. The van der Waals surface area contributed by atoms with E-state index in [0.29, 0.717) is 25.0 Å². The number of phenolic OH excluding ortho intramolecular Hbond substituents is 2. The minimum absolute atomic E-state index is 0. The van der Waals surface area contributed by atoms with Gasteiger partial charge in [-0.1, -0.05) is 289 Å². The Kier molecular flexibility index (Phi) is 59.3. The maximum absolute atomic E-state index is 12.0. The average Bonchev–Trinajstić information content (AvgIpc) is 1.00. The minimum Gasteiger partial charge on any atom is 4.00 e. The summed E-state index contributed by atoms with van der Waals surface area (Å²) < 4.78 is 12.9. The van der Waals surface area contributed by atoms with Gasteiger partial charge in [0.05, 0.1) is 13.2 Å². The zero-order valence-corrected chi connectivity index (χ0v) is 78.8. The zero-order chi connectivity index (χ0) is 71.5. The fourth-order valence-corrected chi connectivity index (χ4v) is 16.2. The Bertz CT molecular complexity index is 2980. The van der Waals surface area contributed by atoms with Crippen LogP contribution in [0.1, 0.15) is 312 Å². The summed E-state index contributed by atoms with van der Waals surface area (Å²) in [7, 11) is 9.87. The number of phenols is 2. The van der Waals surface area contributed by atoms with Gasteiger partial charge >= 0.3 is 63.7 Å². The average molecular weight is 1720 g/mol. The van der Waals surface area contributed by atoms with E-state index in [0.717, 1.165) is 139 Å². The summed E-state index contributed by atoms with van der Waals surface area (Å²) >= 11 is -0.826. The molecule has 2 N–H and O–H groups in total. The van der Waals surface area contributed by atoms with Crippen LogP contribution in [-0.4, -0.2) is 23.4 Å². The molecule has 105 heavy (non-hydrogen) atoms. The molecule has 6 atom stereocenters. The van der Waals surface area contributed by atoms with Crippen molar-refractivity contribution in [3.8, 4) is 67.5 Å². The topological polar surface area (TPSA) is 58.9 Å². The summed E-state index contributed by atoms with van der Waals surface area (Å²) in [6.45, 7) is 36.6. The molecular formula is C97H154Cl2HfO4Zr. The van der Waals surface area contributed by atoms with E-state index in [1.807, 2.05) is 48.5 Å². The third-order valence-electron chi connectivity index (χ3n) is 22.1. The summed E-state index contributed by atoms with van der Waals surface area (Å²) in [5.41, 5.74) is 16.7. The molecule has 0 bridgehead atoms. The van der Waals surface area contributed by atoms with E-state index >= 15 is 0 Å². The van der Waals surface area contributed by atoms with Crippen molar-refractivity contribution < 1.29 is 66.4 Å². The summed E-state index contributed by atoms with van der Waals surface area (Å²) in [5, 5.41) is 23.9. The zero-order valence-electron chi connectivity index (χ0n) is 71.2. The van der Waals surface area contributed by atoms with Crippen molar-refractivity contribution in [2.45, 2.75) is 309 Å². The van der Waals surface area contributed by atoms with Crippen molar-refractivity contribution in [1.82, 2.24) is 0 Å². The van der Waals surface area contributed by atoms with Gasteiger partial charge in [0, 0.05) is 33.4 Å². The predicted molar refractivity (Wildman–Crippen MR) is 465 cm³/mol. The Balaban J connectivity index is -0.00000178. The largest absolute Gasteiger partial charge is 4.00 e. The normalized spacial score (nSPS) is 16.7. The van der Waals surface area contributed by atoms with Crippen LogP contribution in [0.15, 0.2) is 97.1 Å². The fraction of sp³-hybridized carbons (Fsp3) is 0.567. The van der Waals surface area contributed by atoms with Crippen molar-refractivity contribution in [2.75, 3.05) is 13.2 Å². The molecule has 0 saturated heterocycles. The predicted octanol–water partition coefficient (Wildman–Crippen LogP) is 32.5. The van der Waals surface area contributed by atoms with Gasteiger partial charge in [-0.2, -0.15) is 0 Å². The number of para-hydroxylation sites is 2. The van der Waals surface area contributed by atoms with Gasteiger partial charge in [0.2, 0.25) is 0 Å². The molecule has 4 nitrogen and oxygen atoms in total. The molecule has 0 heterocycles. The van der Waals surface area contributed by atoms with Gasteiger partial charge in [0.15, 0.2) is 0 Å². The van der Waals surface area contributed by atoms with Gasteiger partial charge < -0.3 is 64.2 Å². The van der Waals surface area contributed by atoms with Crippen molar-refractivity contribution in [3.63, 3.8) is 0 Å². The molecule has 4 fully saturated rings. The van der Waals surface area contributed by atoms with Crippen molar-refractivity contribution in [1.29, 1.82) is 0 Å². The molecule has 0 aliphatic heterocycles. The number of halogens is 2. The first-order valence-corrected chi connectivity index (χ1v) is 45.9. The molecule has 4 saturated carbocycles. The number of hydrogen-bond donors (Lipinski definition) is 2. The monoisotopic (exact) mass is 1720 g/mol. The van der Waals surface area contributed by atoms with E-state index in [-0.39, 0.29) is 81.9 Å². The number of unbranched alkanes of at least 4 members (excludes halogenated alkanes) is 4. The smallest absolute Gasteiger partial charge is 4.00 e. The standard InChI is InChI=1S/C54H62O4.2C10H20.C9H18.C8H16.6CH3.2ClH.Hf.Zr/c1-11-35(5)41-29-45(53(55)47(31-41)51-37(7)25-33(3)26-38(51)8)43-19-13-15-21-49(43)57-23-17-18-24-58-50-22-16-14-20-44(50)46-30-42(36(6)12-2)32-48(54(46)56)52-39(9)27-34(4)28-40(52)10;2*1-3-4-5-10-7-6-9(2)8-10;1-2-3-6-9-7-4-5-8-9;1-2-5-8-6-3-4-7-8;;;;;;;;;;/h13-16,19-22,25-32,35-36,55-56H,11-12,17-18,23-24H2,1-10H3;2*9-10H,3-8H2,1-2H3;9H,2-8H2,1H3;8H,2-7H2,1H3;6*1H3;2*1H;;/q;;;;;6*-1;;;2*+4/p-2. The van der Waals surface area contributed by atoms with E-state index in [4.69, 9.17) is 26.5 Å². The number of aromatic hydroxyl groups is 2. The molecule has 0 radical (unpaired) electrons. The van der Waals surface area contributed by atoms with Crippen LogP contribution in [0.2, 0.25) is 0 Å². The van der Waals surface area contributed by atoms with Gasteiger partial charge in [0.25, 0.3) is 0 Å². The molecule has 0 amide bonds. The van der Waals surface area contributed by atoms with Crippen LogP contribution in [0.5, 0.6) is 23.0 Å². The molecule has 8 heteroatoms. The molecule has 4 aliphatic rings. The van der Waals surface area contributed by atoms with E-state index in [1.165, 1.54) is 183 Å². The Hall–Kier alpha value is -3.15. The first-order valence-electron chi connectivity index (χ1n) is 39.6. The molecule has 588 valence electrons. The minimum atomic E-state index is -0.826. The van der Waals surface area contributed by atoms with Crippen LogP contribution in [0, 0.1) is 122 Å². The second-order valence-corrected chi connectivity index (χ2v) is 34.4. The first-order chi connectivity index (χ1) is 47.2. The quantitative estimate of drug-likeness (QED) is 0.0323.